The predicted molar refractivity (Wildman–Crippen MR) is 93.4 cm³/mol. The molecule has 0 saturated heterocycles. The van der Waals surface area contributed by atoms with Gasteiger partial charge in [-0.1, -0.05) is 13.8 Å². The van der Waals surface area contributed by atoms with Crippen molar-refractivity contribution in [3.05, 3.63) is 28.9 Å². The van der Waals surface area contributed by atoms with Gasteiger partial charge in [-0.25, -0.2) is 0 Å². The van der Waals surface area contributed by atoms with Gasteiger partial charge in [0, 0.05) is 27.8 Å². The van der Waals surface area contributed by atoms with Crippen molar-refractivity contribution >= 4 is 38.2 Å². The van der Waals surface area contributed by atoms with Gasteiger partial charge in [0.2, 0.25) is 0 Å². The topological polar surface area (TPSA) is 50.9 Å². The monoisotopic (exact) mass is 347 g/mol. The van der Waals surface area contributed by atoms with Crippen LogP contribution in [0.5, 0.6) is 0 Å². The molecule has 3 unspecified atom stereocenters. The highest BCUT2D eigenvalue weighted by Gasteiger charge is 2.24. The molecule has 0 spiro atoms. The summed E-state index contributed by atoms with van der Waals surface area (Å²) in [5, 5.41) is 4.69. The maximum atomic E-state index is 6.08. The van der Waals surface area contributed by atoms with Crippen LogP contribution < -0.4 is 11.1 Å². The molecule has 3 rings (SSSR count). The second-order valence-electron chi connectivity index (χ2n) is 6.36. The summed E-state index contributed by atoms with van der Waals surface area (Å²) >= 11 is 3.47. The first-order valence-electron chi connectivity index (χ1n) is 7.65. The van der Waals surface area contributed by atoms with E-state index < -0.39 is 0 Å². The van der Waals surface area contributed by atoms with Crippen molar-refractivity contribution in [1.82, 2.24) is 4.98 Å². The molecule has 4 heteroatoms. The van der Waals surface area contributed by atoms with E-state index >= 15 is 0 Å². The molecule has 1 aromatic carbocycles. The zero-order valence-electron chi connectivity index (χ0n) is 12.6. The SMILES string of the molecule is CC1CCC(Nc2ccc(N)c3cc(Br)cnc23)CC1C. The average molecular weight is 348 g/mol. The highest BCUT2D eigenvalue weighted by molar-refractivity contribution is 9.10. The molecular weight excluding hydrogens is 326 g/mol. The Morgan fingerprint density at radius 2 is 2.05 bits per heavy atom. The summed E-state index contributed by atoms with van der Waals surface area (Å²) in [4.78, 5) is 4.55. The molecule has 21 heavy (non-hydrogen) atoms. The van der Waals surface area contributed by atoms with Crippen LogP contribution in [0.15, 0.2) is 28.9 Å². The lowest BCUT2D eigenvalue weighted by Crippen LogP contribution is -2.30. The molecule has 2 aromatic rings. The fourth-order valence-electron chi connectivity index (χ4n) is 3.23. The van der Waals surface area contributed by atoms with E-state index in [9.17, 15) is 0 Å². The smallest absolute Gasteiger partial charge is 0.0954 e. The number of pyridine rings is 1. The van der Waals surface area contributed by atoms with Gasteiger partial charge in [0.05, 0.1) is 11.2 Å². The van der Waals surface area contributed by atoms with Crippen LogP contribution in [0.25, 0.3) is 10.9 Å². The van der Waals surface area contributed by atoms with Gasteiger partial charge in [-0.05, 0) is 65.2 Å². The number of hydrogen-bond acceptors (Lipinski definition) is 3. The summed E-state index contributed by atoms with van der Waals surface area (Å²) in [7, 11) is 0. The minimum absolute atomic E-state index is 0.536. The molecule has 1 heterocycles. The second kappa shape index (κ2) is 5.84. The van der Waals surface area contributed by atoms with Gasteiger partial charge in [0.1, 0.15) is 0 Å². The fourth-order valence-corrected chi connectivity index (χ4v) is 3.56. The normalized spacial score (nSPS) is 26.0. The molecule has 0 aliphatic heterocycles. The van der Waals surface area contributed by atoms with Gasteiger partial charge in [-0.3, -0.25) is 4.98 Å². The third-order valence-corrected chi connectivity index (χ3v) is 5.24. The Morgan fingerprint density at radius 1 is 1.24 bits per heavy atom. The van der Waals surface area contributed by atoms with E-state index in [0.29, 0.717) is 6.04 Å². The number of rotatable bonds is 2. The van der Waals surface area contributed by atoms with E-state index in [4.69, 9.17) is 5.73 Å². The highest BCUT2D eigenvalue weighted by Crippen LogP contribution is 2.34. The van der Waals surface area contributed by atoms with Crippen molar-refractivity contribution in [3.63, 3.8) is 0 Å². The zero-order chi connectivity index (χ0) is 15.0. The van der Waals surface area contributed by atoms with E-state index in [0.717, 1.165) is 38.6 Å². The lowest BCUT2D eigenvalue weighted by atomic mass is 9.79. The van der Waals surface area contributed by atoms with Gasteiger partial charge in [-0.15, -0.1) is 0 Å². The molecule has 1 saturated carbocycles. The Hall–Kier alpha value is -1.29. The van der Waals surface area contributed by atoms with E-state index in [2.05, 4.69) is 46.1 Å². The van der Waals surface area contributed by atoms with Crippen LogP contribution in [0.1, 0.15) is 33.1 Å². The third-order valence-electron chi connectivity index (χ3n) is 4.81. The Labute approximate surface area is 134 Å². The van der Waals surface area contributed by atoms with Crippen LogP contribution in [0.4, 0.5) is 11.4 Å². The van der Waals surface area contributed by atoms with Crippen molar-refractivity contribution in [1.29, 1.82) is 0 Å². The lowest BCUT2D eigenvalue weighted by Gasteiger charge is -2.33. The molecular formula is C17H22BrN3. The number of nitrogens with one attached hydrogen (secondary N) is 1. The first-order valence-corrected chi connectivity index (χ1v) is 8.44. The Bertz CT molecular complexity index is 656. The summed E-state index contributed by atoms with van der Waals surface area (Å²) in [6.07, 6.45) is 5.58. The van der Waals surface area contributed by atoms with Gasteiger partial charge in [-0.2, -0.15) is 0 Å². The van der Waals surface area contributed by atoms with Gasteiger partial charge in [0.25, 0.3) is 0 Å². The summed E-state index contributed by atoms with van der Waals surface area (Å²) in [5.74, 6) is 1.61. The number of nitrogen functional groups attached to an aromatic ring is 1. The molecule has 0 amide bonds. The number of anilines is 2. The van der Waals surface area contributed by atoms with E-state index in [-0.39, 0.29) is 0 Å². The minimum atomic E-state index is 0.536. The Balaban J connectivity index is 1.89. The number of aromatic nitrogens is 1. The number of nitrogens with zero attached hydrogens (tertiary/aromatic N) is 1. The van der Waals surface area contributed by atoms with Gasteiger partial charge >= 0.3 is 0 Å². The van der Waals surface area contributed by atoms with Gasteiger partial charge < -0.3 is 11.1 Å². The molecule has 1 aromatic heterocycles. The van der Waals surface area contributed by atoms with E-state index in [1.54, 1.807) is 0 Å². The first kappa shape index (κ1) is 14.6. The molecule has 1 fully saturated rings. The quantitative estimate of drug-likeness (QED) is 0.766. The summed E-state index contributed by atoms with van der Waals surface area (Å²) in [6, 6.07) is 6.59. The van der Waals surface area contributed by atoms with Crippen LogP contribution in [-0.2, 0) is 0 Å². The maximum absolute atomic E-state index is 6.08. The van der Waals surface area contributed by atoms with Crippen molar-refractivity contribution in [2.24, 2.45) is 11.8 Å². The minimum Gasteiger partial charge on any atom is -0.398 e. The number of benzene rings is 1. The van der Waals surface area contributed by atoms with Crippen LogP contribution in [0.3, 0.4) is 0 Å². The van der Waals surface area contributed by atoms with Gasteiger partial charge in [0.15, 0.2) is 0 Å². The largest absolute Gasteiger partial charge is 0.398 e. The summed E-state index contributed by atoms with van der Waals surface area (Å²) < 4.78 is 0.957. The fraction of sp³-hybridized carbons (Fsp3) is 0.471. The zero-order valence-corrected chi connectivity index (χ0v) is 14.2. The molecule has 0 radical (unpaired) electrons. The molecule has 3 atom stereocenters. The van der Waals surface area contributed by atoms with Crippen LogP contribution in [0, 0.1) is 11.8 Å². The number of hydrogen-bond donors (Lipinski definition) is 2. The Kier molecular flexibility index (Phi) is 4.07. The molecule has 1 aliphatic carbocycles. The second-order valence-corrected chi connectivity index (χ2v) is 7.28. The van der Waals surface area contributed by atoms with Crippen LogP contribution in [0.2, 0.25) is 0 Å². The molecule has 112 valence electrons. The number of nitrogens with two attached hydrogens (primary N) is 1. The average Bonchev–Trinajstić information content (AvgIpc) is 2.46. The van der Waals surface area contributed by atoms with E-state index in [1.165, 1.54) is 19.3 Å². The predicted octanol–water partition coefficient (Wildman–Crippen LogP) is 4.82. The standard InChI is InChI=1S/C17H22BrN3/c1-10-3-4-13(7-11(10)2)21-16-6-5-15(19)14-8-12(18)9-20-17(14)16/h5-6,8-11,13,21H,3-4,7,19H2,1-2H3. The van der Waals surface area contributed by atoms with E-state index in [1.807, 2.05) is 18.3 Å². The number of fused-ring (bicyclic) bond motifs is 1. The third kappa shape index (κ3) is 3.00. The molecule has 3 N–H and O–H groups in total. The van der Waals surface area contributed by atoms with Crippen molar-refractivity contribution < 1.29 is 0 Å². The molecule has 3 nitrogen and oxygen atoms in total. The summed E-state index contributed by atoms with van der Waals surface area (Å²) in [6.45, 7) is 4.72. The van der Waals surface area contributed by atoms with Crippen molar-refractivity contribution in [2.45, 2.75) is 39.2 Å². The Morgan fingerprint density at radius 3 is 2.81 bits per heavy atom. The number of halogens is 1. The first-order chi connectivity index (χ1) is 10.0. The molecule has 0 bridgehead atoms. The summed E-state index contributed by atoms with van der Waals surface area (Å²) in [5.41, 5.74) is 8.91. The van der Waals surface area contributed by atoms with Crippen molar-refractivity contribution in [3.8, 4) is 0 Å². The van der Waals surface area contributed by atoms with Crippen LogP contribution in [-0.4, -0.2) is 11.0 Å². The molecule has 1 aliphatic rings. The van der Waals surface area contributed by atoms with Crippen molar-refractivity contribution in [2.75, 3.05) is 11.1 Å². The lowest BCUT2D eigenvalue weighted by molar-refractivity contribution is 0.261. The highest BCUT2D eigenvalue weighted by atomic mass is 79.9. The van der Waals surface area contributed by atoms with Crippen LogP contribution >= 0.6 is 15.9 Å². The maximum Gasteiger partial charge on any atom is 0.0954 e.